The third kappa shape index (κ3) is 6.20. The number of anilines is 3. The van der Waals surface area contributed by atoms with Gasteiger partial charge in [-0.05, 0) is 42.4 Å². The number of rotatable bonds is 8. The van der Waals surface area contributed by atoms with Crippen molar-refractivity contribution in [2.75, 3.05) is 42.8 Å². The van der Waals surface area contributed by atoms with Crippen molar-refractivity contribution in [3.63, 3.8) is 0 Å². The van der Waals surface area contributed by atoms with Crippen molar-refractivity contribution in [3.8, 4) is 0 Å². The van der Waals surface area contributed by atoms with E-state index in [9.17, 15) is 9.18 Å². The Kier molecular flexibility index (Phi) is 7.48. The molecule has 0 aromatic carbocycles. The smallest absolute Gasteiger partial charge is 0.260 e. The van der Waals surface area contributed by atoms with E-state index < -0.39 is 20.2 Å². The molecular weight excluding hydrogens is 403 g/mol. The number of carbonyl (C=O) groups is 1. The lowest BCUT2D eigenvalue weighted by Gasteiger charge is -2.36. The number of nitrogens with one attached hydrogen (secondary N) is 2. The predicted molar refractivity (Wildman–Crippen MR) is 120 cm³/mol. The standard InChI is InChI=1S/C20H31FN6O2Si/c1-20(2,3)30(6,7)29-13-12-22-18-14(8-9-15(21)23-18)19(28)24-16-10-11-17(26-25-16)27(4)5/h8-11H,12-13H2,1-7H3,(H,22,23)(H,24,25,28). The van der Waals surface area contributed by atoms with Gasteiger partial charge in [0.2, 0.25) is 5.95 Å². The van der Waals surface area contributed by atoms with Gasteiger partial charge in [-0.25, -0.2) is 4.98 Å². The Balaban J connectivity index is 2.04. The van der Waals surface area contributed by atoms with Gasteiger partial charge < -0.3 is 20.0 Å². The van der Waals surface area contributed by atoms with Gasteiger partial charge in [-0.3, -0.25) is 4.79 Å². The first-order valence-corrected chi connectivity index (χ1v) is 12.7. The summed E-state index contributed by atoms with van der Waals surface area (Å²) in [6.45, 7) is 11.7. The molecule has 0 fully saturated rings. The molecule has 2 aromatic heterocycles. The van der Waals surface area contributed by atoms with Crippen LogP contribution in [0, 0.1) is 5.95 Å². The second kappa shape index (κ2) is 9.48. The van der Waals surface area contributed by atoms with Gasteiger partial charge in [0.1, 0.15) is 5.82 Å². The minimum absolute atomic E-state index is 0.0956. The Bertz CT molecular complexity index is 869. The van der Waals surface area contributed by atoms with Gasteiger partial charge in [-0.15, -0.1) is 10.2 Å². The summed E-state index contributed by atoms with van der Waals surface area (Å²) in [4.78, 5) is 18.3. The van der Waals surface area contributed by atoms with Gasteiger partial charge in [0, 0.05) is 20.6 Å². The third-order valence-electron chi connectivity index (χ3n) is 5.12. The van der Waals surface area contributed by atoms with Crippen LogP contribution in [0.3, 0.4) is 0 Å². The van der Waals surface area contributed by atoms with Crippen molar-refractivity contribution in [3.05, 3.63) is 35.8 Å². The molecular formula is C20H31FN6O2Si. The molecule has 2 heterocycles. The molecule has 0 bridgehead atoms. The molecule has 0 saturated heterocycles. The van der Waals surface area contributed by atoms with Crippen molar-refractivity contribution >= 4 is 31.7 Å². The second-order valence-corrected chi connectivity index (χ2v) is 13.5. The maximum Gasteiger partial charge on any atom is 0.260 e. The lowest BCUT2D eigenvalue weighted by atomic mass is 10.2. The summed E-state index contributed by atoms with van der Waals surface area (Å²) in [6, 6.07) is 5.92. The highest BCUT2D eigenvalue weighted by atomic mass is 28.4. The molecule has 10 heteroatoms. The van der Waals surface area contributed by atoms with E-state index in [0.717, 1.165) is 6.07 Å². The van der Waals surface area contributed by atoms with Crippen LogP contribution in [0.2, 0.25) is 18.1 Å². The van der Waals surface area contributed by atoms with E-state index in [0.29, 0.717) is 24.8 Å². The molecule has 0 saturated carbocycles. The lowest BCUT2D eigenvalue weighted by Crippen LogP contribution is -2.41. The first-order chi connectivity index (χ1) is 13.9. The van der Waals surface area contributed by atoms with Crippen LogP contribution in [0.1, 0.15) is 31.1 Å². The number of aromatic nitrogens is 3. The first-order valence-electron chi connectivity index (χ1n) is 9.77. The number of halogens is 1. The predicted octanol–water partition coefficient (Wildman–Crippen LogP) is 3.76. The van der Waals surface area contributed by atoms with Crippen LogP contribution in [0.5, 0.6) is 0 Å². The Morgan fingerprint density at radius 1 is 1.17 bits per heavy atom. The number of nitrogens with zero attached hydrogens (tertiary/aromatic N) is 4. The highest BCUT2D eigenvalue weighted by Crippen LogP contribution is 2.36. The van der Waals surface area contributed by atoms with Crippen molar-refractivity contribution < 1.29 is 13.6 Å². The number of carbonyl (C=O) groups excluding carboxylic acids is 1. The van der Waals surface area contributed by atoms with Crippen LogP contribution in [-0.2, 0) is 4.43 Å². The maximum atomic E-state index is 13.7. The van der Waals surface area contributed by atoms with Crippen LogP contribution in [0.25, 0.3) is 0 Å². The number of hydrogen-bond donors (Lipinski definition) is 2. The van der Waals surface area contributed by atoms with Crippen molar-refractivity contribution in [1.29, 1.82) is 0 Å². The van der Waals surface area contributed by atoms with E-state index in [4.69, 9.17) is 4.43 Å². The quantitative estimate of drug-likeness (QED) is 0.371. The van der Waals surface area contributed by atoms with E-state index in [2.05, 4.69) is 59.7 Å². The van der Waals surface area contributed by atoms with Crippen LogP contribution >= 0.6 is 0 Å². The van der Waals surface area contributed by atoms with Gasteiger partial charge in [-0.1, -0.05) is 20.8 Å². The summed E-state index contributed by atoms with van der Waals surface area (Å²) in [7, 11) is 1.81. The zero-order valence-electron chi connectivity index (χ0n) is 18.7. The molecule has 2 N–H and O–H groups in total. The minimum Gasteiger partial charge on any atom is -0.415 e. The molecule has 164 valence electrons. The largest absolute Gasteiger partial charge is 0.415 e. The molecule has 0 aliphatic carbocycles. The van der Waals surface area contributed by atoms with Gasteiger partial charge in [-0.2, -0.15) is 4.39 Å². The fraction of sp³-hybridized carbons (Fsp3) is 0.500. The first kappa shape index (κ1) is 23.7. The number of hydrogen-bond acceptors (Lipinski definition) is 7. The monoisotopic (exact) mass is 434 g/mol. The topological polar surface area (TPSA) is 92.3 Å². The molecule has 2 aromatic rings. The summed E-state index contributed by atoms with van der Waals surface area (Å²) in [5, 5.41) is 13.8. The fourth-order valence-corrected chi connectivity index (χ4v) is 3.30. The molecule has 0 unspecified atom stereocenters. The fourth-order valence-electron chi connectivity index (χ4n) is 2.26. The minimum atomic E-state index is -1.89. The molecule has 0 aliphatic heterocycles. The zero-order valence-corrected chi connectivity index (χ0v) is 19.7. The SMILES string of the molecule is CN(C)c1ccc(NC(=O)c2ccc(F)nc2NCCO[Si](C)(C)C(C)(C)C)nn1. The third-order valence-corrected chi connectivity index (χ3v) is 9.66. The average Bonchev–Trinajstić information content (AvgIpc) is 2.64. The van der Waals surface area contributed by atoms with E-state index in [-0.39, 0.29) is 16.4 Å². The van der Waals surface area contributed by atoms with Gasteiger partial charge in [0.15, 0.2) is 20.0 Å². The van der Waals surface area contributed by atoms with E-state index in [1.54, 1.807) is 17.0 Å². The average molecular weight is 435 g/mol. The Hall–Kier alpha value is -2.59. The lowest BCUT2D eigenvalue weighted by molar-refractivity contribution is 0.102. The summed E-state index contributed by atoms with van der Waals surface area (Å²) >= 11 is 0. The number of pyridine rings is 1. The Labute approximate surface area is 178 Å². The van der Waals surface area contributed by atoms with Crippen LogP contribution in [-0.4, -0.2) is 56.7 Å². The second-order valence-electron chi connectivity index (χ2n) is 8.69. The normalized spacial score (nSPS) is 11.9. The van der Waals surface area contributed by atoms with Crippen LogP contribution < -0.4 is 15.5 Å². The highest BCUT2D eigenvalue weighted by Gasteiger charge is 2.36. The molecule has 0 atom stereocenters. The number of amides is 1. The summed E-state index contributed by atoms with van der Waals surface area (Å²) in [5.74, 6) is -0.0106. The molecule has 0 spiro atoms. The zero-order chi connectivity index (χ0) is 22.5. The molecule has 0 aliphatic rings. The Morgan fingerprint density at radius 3 is 2.43 bits per heavy atom. The van der Waals surface area contributed by atoms with E-state index in [1.165, 1.54) is 6.07 Å². The summed E-state index contributed by atoms with van der Waals surface area (Å²) in [6.07, 6.45) is 0. The molecule has 8 nitrogen and oxygen atoms in total. The van der Waals surface area contributed by atoms with Gasteiger partial charge in [0.25, 0.3) is 5.91 Å². The molecule has 1 amide bonds. The molecule has 0 radical (unpaired) electrons. The van der Waals surface area contributed by atoms with Gasteiger partial charge >= 0.3 is 0 Å². The molecule has 2 rings (SSSR count). The van der Waals surface area contributed by atoms with Crippen molar-refractivity contribution in [2.24, 2.45) is 0 Å². The van der Waals surface area contributed by atoms with Crippen molar-refractivity contribution in [1.82, 2.24) is 15.2 Å². The highest BCUT2D eigenvalue weighted by molar-refractivity contribution is 6.74. The maximum absolute atomic E-state index is 13.7. The molecule has 30 heavy (non-hydrogen) atoms. The van der Waals surface area contributed by atoms with E-state index >= 15 is 0 Å². The summed E-state index contributed by atoms with van der Waals surface area (Å²) < 4.78 is 19.8. The van der Waals surface area contributed by atoms with Crippen molar-refractivity contribution in [2.45, 2.75) is 38.9 Å². The van der Waals surface area contributed by atoms with E-state index in [1.807, 2.05) is 14.1 Å². The Morgan fingerprint density at radius 2 is 1.87 bits per heavy atom. The van der Waals surface area contributed by atoms with Gasteiger partial charge in [0.05, 0.1) is 12.2 Å². The summed E-state index contributed by atoms with van der Waals surface area (Å²) in [5.41, 5.74) is 0.210. The van der Waals surface area contributed by atoms with Crippen LogP contribution in [0.15, 0.2) is 24.3 Å². The van der Waals surface area contributed by atoms with Crippen LogP contribution in [0.4, 0.5) is 21.8 Å².